The lowest BCUT2D eigenvalue weighted by molar-refractivity contribution is 0.415. The van der Waals surface area contributed by atoms with Crippen molar-refractivity contribution < 1.29 is 4.74 Å². The van der Waals surface area contributed by atoms with Gasteiger partial charge in [-0.05, 0) is 41.8 Å². The Morgan fingerprint density at radius 3 is 2.32 bits per heavy atom. The maximum absolute atomic E-state index is 6.10. The van der Waals surface area contributed by atoms with Gasteiger partial charge in [-0.2, -0.15) is 0 Å². The number of benzene rings is 2. The summed E-state index contributed by atoms with van der Waals surface area (Å²) in [6.07, 6.45) is 1.06. The molecule has 1 N–H and O–H groups in total. The molecule has 0 fully saturated rings. The van der Waals surface area contributed by atoms with Crippen molar-refractivity contribution in [3.8, 4) is 5.75 Å². The van der Waals surface area contributed by atoms with Crippen molar-refractivity contribution in [1.29, 1.82) is 0 Å². The average Bonchev–Trinajstić information content (AvgIpc) is 2.46. The van der Waals surface area contributed by atoms with Crippen molar-refractivity contribution in [2.24, 2.45) is 0 Å². The summed E-state index contributed by atoms with van der Waals surface area (Å²) in [4.78, 5) is 0. The second-order valence-corrected chi connectivity index (χ2v) is 4.78. The smallest absolute Gasteiger partial charge is 0.137 e. The largest absolute Gasteiger partial charge is 0.495 e. The summed E-state index contributed by atoms with van der Waals surface area (Å²) in [6, 6.07) is 14.3. The van der Waals surface area contributed by atoms with Crippen molar-refractivity contribution in [3.63, 3.8) is 0 Å². The lowest BCUT2D eigenvalue weighted by atomic mass is 10.1. The molecule has 0 amide bonds. The first-order valence-electron chi connectivity index (χ1n) is 6.38. The lowest BCUT2D eigenvalue weighted by Gasteiger charge is -2.09. The van der Waals surface area contributed by atoms with Crippen LogP contribution < -0.4 is 10.1 Å². The molecule has 0 aliphatic rings. The number of rotatable bonds is 5. The topological polar surface area (TPSA) is 21.3 Å². The molecule has 0 heterocycles. The molecule has 100 valence electrons. The van der Waals surface area contributed by atoms with E-state index in [4.69, 9.17) is 16.3 Å². The molecule has 0 saturated carbocycles. The monoisotopic (exact) mass is 275 g/mol. The molecule has 0 bridgehead atoms. The quantitative estimate of drug-likeness (QED) is 0.866. The molecular formula is C16H18ClNO. The minimum atomic E-state index is 0.642. The molecule has 0 atom stereocenters. The molecule has 19 heavy (non-hydrogen) atoms. The van der Waals surface area contributed by atoms with E-state index in [0.29, 0.717) is 10.8 Å². The van der Waals surface area contributed by atoms with Crippen LogP contribution in [0.2, 0.25) is 5.02 Å². The van der Waals surface area contributed by atoms with E-state index in [9.17, 15) is 0 Å². The first-order valence-corrected chi connectivity index (χ1v) is 6.76. The highest BCUT2D eigenvalue weighted by Crippen LogP contribution is 2.25. The number of nitrogens with one attached hydrogen (secondary N) is 1. The van der Waals surface area contributed by atoms with Gasteiger partial charge >= 0.3 is 0 Å². The van der Waals surface area contributed by atoms with Gasteiger partial charge in [0.05, 0.1) is 12.1 Å². The minimum absolute atomic E-state index is 0.642. The van der Waals surface area contributed by atoms with Crippen molar-refractivity contribution in [2.45, 2.75) is 19.9 Å². The maximum atomic E-state index is 6.10. The highest BCUT2D eigenvalue weighted by Gasteiger charge is 2.01. The zero-order chi connectivity index (χ0) is 13.7. The van der Waals surface area contributed by atoms with Gasteiger partial charge in [0.2, 0.25) is 0 Å². The summed E-state index contributed by atoms with van der Waals surface area (Å²) in [5.74, 6) is 0.706. The number of methoxy groups -OCH3 is 1. The second-order valence-electron chi connectivity index (χ2n) is 4.37. The number of hydrogen-bond donors (Lipinski definition) is 1. The third-order valence-electron chi connectivity index (χ3n) is 3.08. The Hall–Kier alpha value is -1.67. The Labute approximate surface area is 119 Å². The number of anilines is 1. The Balaban J connectivity index is 1.99. The molecule has 0 aromatic heterocycles. The fourth-order valence-electron chi connectivity index (χ4n) is 1.88. The van der Waals surface area contributed by atoms with Crippen LogP contribution >= 0.6 is 11.6 Å². The third kappa shape index (κ3) is 3.65. The Morgan fingerprint density at radius 1 is 1.05 bits per heavy atom. The molecule has 0 unspecified atom stereocenters. The first kappa shape index (κ1) is 13.8. The Morgan fingerprint density at radius 2 is 1.74 bits per heavy atom. The SMILES string of the molecule is CCc1ccc(NCc2ccc(OC)c(Cl)c2)cc1. The van der Waals surface area contributed by atoms with Gasteiger partial charge in [0.25, 0.3) is 0 Å². The molecule has 0 saturated heterocycles. The molecule has 2 aromatic carbocycles. The van der Waals surface area contributed by atoms with Crippen LogP contribution in [0.25, 0.3) is 0 Å². The molecule has 2 rings (SSSR count). The zero-order valence-electron chi connectivity index (χ0n) is 11.2. The minimum Gasteiger partial charge on any atom is -0.495 e. The summed E-state index contributed by atoms with van der Waals surface area (Å²) in [5.41, 5.74) is 3.59. The second kappa shape index (κ2) is 6.48. The van der Waals surface area contributed by atoms with Crippen LogP contribution in [-0.4, -0.2) is 7.11 Å². The van der Waals surface area contributed by atoms with Gasteiger partial charge in [0.1, 0.15) is 5.75 Å². The summed E-state index contributed by atoms with van der Waals surface area (Å²) in [7, 11) is 1.62. The van der Waals surface area contributed by atoms with E-state index >= 15 is 0 Å². The van der Waals surface area contributed by atoms with Gasteiger partial charge in [-0.25, -0.2) is 0 Å². The van der Waals surface area contributed by atoms with E-state index in [-0.39, 0.29) is 0 Å². The number of aryl methyl sites for hydroxylation is 1. The third-order valence-corrected chi connectivity index (χ3v) is 3.37. The molecule has 3 heteroatoms. The van der Waals surface area contributed by atoms with Crippen LogP contribution in [-0.2, 0) is 13.0 Å². The van der Waals surface area contributed by atoms with Gasteiger partial charge in [0, 0.05) is 12.2 Å². The maximum Gasteiger partial charge on any atom is 0.137 e. The standard InChI is InChI=1S/C16H18ClNO/c1-3-12-4-7-14(8-5-12)18-11-13-6-9-16(19-2)15(17)10-13/h4-10,18H,3,11H2,1-2H3. The molecule has 2 aromatic rings. The van der Waals surface area contributed by atoms with Crippen molar-refractivity contribution in [2.75, 3.05) is 12.4 Å². The van der Waals surface area contributed by atoms with Crippen LogP contribution in [0.15, 0.2) is 42.5 Å². The lowest BCUT2D eigenvalue weighted by Crippen LogP contribution is -1.99. The number of ether oxygens (including phenoxy) is 1. The van der Waals surface area contributed by atoms with E-state index in [2.05, 4.69) is 36.5 Å². The van der Waals surface area contributed by atoms with Gasteiger partial charge in [-0.1, -0.05) is 36.7 Å². The van der Waals surface area contributed by atoms with Crippen LogP contribution in [0.5, 0.6) is 5.75 Å². The van der Waals surface area contributed by atoms with Crippen molar-refractivity contribution >= 4 is 17.3 Å². The number of halogens is 1. The van der Waals surface area contributed by atoms with E-state index < -0.39 is 0 Å². The van der Waals surface area contributed by atoms with Crippen LogP contribution in [0.3, 0.4) is 0 Å². The van der Waals surface area contributed by atoms with E-state index in [1.807, 2.05) is 18.2 Å². The fourth-order valence-corrected chi connectivity index (χ4v) is 2.16. The molecule has 0 radical (unpaired) electrons. The predicted molar refractivity (Wildman–Crippen MR) is 81.2 cm³/mol. The average molecular weight is 276 g/mol. The Kier molecular flexibility index (Phi) is 4.69. The summed E-state index contributed by atoms with van der Waals surface area (Å²) >= 11 is 6.10. The van der Waals surface area contributed by atoms with Crippen molar-refractivity contribution in [3.05, 3.63) is 58.6 Å². The first-order chi connectivity index (χ1) is 9.22. The van der Waals surface area contributed by atoms with Crippen LogP contribution in [0.4, 0.5) is 5.69 Å². The van der Waals surface area contributed by atoms with E-state index in [1.165, 1.54) is 5.56 Å². The molecule has 0 aliphatic heterocycles. The van der Waals surface area contributed by atoms with Crippen LogP contribution in [0.1, 0.15) is 18.1 Å². The number of hydrogen-bond acceptors (Lipinski definition) is 2. The van der Waals surface area contributed by atoms with Crippen LogP contribution in [0, 0.1) is 0 Å². The van der Waals surface area contributed by atoms with Gasteiger partial charge < -0.3 is 10.1 Å². The highest BCUT2D eigenvalue weighted by molar-refractivity contribution is 6.32. The van der Waals surface area contributed by atoms with E-state index in [0.717, 1.165) is 24.2 Å². The Bertz CT molecular complexity index is 537. The molecular weight excluding hydrogens is 258 g/mol. The highest BCUT2D eigenvalue weighted by atomic mass is 35.5. The van der Waals surface area contributed by atoms with Gasteiger partial charge in [-0.3, -0.25) is 0 Å². The molecule has 0 spiro atoms. The summed E-state index contributed by atoms with van der Waals surface area (Å²) in [6.45, 7) is 2.90. The zero-order valence-corrected chi connectivity index (χ0v) is 12.0. The van der Waals surface area contributed by atoms with Gasteiger partial charge in [0.15, 0.2) is 0 Å². The summed E-state index contributed by atoms with van der Waals surface area (Å²) in [5, 5.41) is 4.02. The van der Waals surface area contributed by atoms with E-state index in [1.54, 1.807) is 7.11 Å². The van der Waals surface area contributed by atoms with Gasteiger partial charge in [-0.15, -0.1) is 0 Å². The predicted octanol–water partition coefficient (Wildman–Crippen LogP) is 4.52. The molecule has 0 aliphatic carbocycles. The normalized spacial score (nSPS) is 10.3. The fraction of sp³-hybridized carbons (Fsp3) is 0.250. The summed E-state index contributed by atoms with van der Waals surface area (Å²) < 4.78 is 5.14. The van der Waals surface area contributed by atoms with Crippen molar-refractivity contribution in [1.82, 2.24) is 0 Å². The molecule has 2 nitrogen and oxygen atoms in total.